The first-order valence-electron chi connectivity index (χ1n) is 9.83. The molecule has 0 atom stereocenters. The number of aromatic nitrogens is 1. The zero-order chi connectivity index (χ0) is 20.9. The average molecular weight is 416 g/mol. The molecular weight excluding hydrogens is 394 g/mol. The molecule has 0 spiro atoms. The molecule has 3 aromatic carbocycles. The molecule has 0 fully saturated rings. The van der Waals surface area contributed by atoms with Gasteiger partial charge in [-0.25, -0.2) is 9.78 Å². The lowest BCUT2D eigenvalue weighted by Crippen LogP contribution is -2.05. The van der Waals surface area contributed by atoms with E-state index in [4.69, 9.17) is 5.11 Å². The molecule has 5 heteroatoms. The van der Waals surface area contributed by atoms with Gasteiger partial charge >= 0.3 is 5.97 Å². The van der Waals surface area contributed by atoms with Crippen molar-refractivity contribution in [3.63, 3.8) is 0 Å². The van der Waals surface area contributed by atoms with E-state index in [-0.39, 0.29) is 11.3 Å². The van der Waals surface area contributed by atoms with Crippen LogP contribution in [0, 0.1) is 0 Å². The Kier molecular flexibility index (Phi) is 6.00. The third-order valence-electron chi connectivity index (χ3n) is 4.96. The fourth-order valence-corrected chi connectivity index (χ4v) is 4.49. The zero-order valence-corrected chi connectivity index (χ0v) is 17.2. The van der Waals surface area contributed by atoms with Crippen LogP contribution in [-0.2, 0) is 24.1 Å². The lowest BCUT2D eigenvalue weighted by Gasteiger charge is -2.02. The standard InChI is InChI=1S/C25H21NO3S/c27-21(11-9-18-7-4-8-20(14-18)25(28)29)16-24-26-22-12-10-19(15-23(22)30-24)13-17-5-2-1-3-6-17/h1-8,10,12,14-15H,9,11,13,16H2,(H,28,29). The minimum absolute atomic E-state index is 0.110. The maximum absolute atomic E-state index is 12.4. The Morgan fingerprint density at radius 2 is 1.67 bits per heavy atom. The number of carbonyl (C=O) groups is 2. The highest BCUT2D eigenvalue weighted by Crippen LogP contribution is 2.25. The van der Waals surface area contributed by atoms with Crippen LogP contribution in [0.3, 0.4) is 0 Å². The summed E-state index contributed by atoms with van der Waals surface area (Å²) in [4.78, 5) is 28.1. The number of thiazole rings is 1. The van der Waals surface area contributed by atoms with Crippen molar-refractivity contribution in [3.05, 3.63) is 100 Å². The van der Waals surface area contributed by atoms with E-state index in [1.807, 2.05) is 30.3 Å². The third kappa shape index (κ3) is 4.99. The Balaban J connectivity index is 1.39. The first-order chi connectivity index (χ1) is 14.6. The van der Waals surface area contributed by atoms with Gasteiger partial charge in [-0.3, -0.25) is 4.79 Å². The summed E-state index contributed by atoms with van der Waals surface area (Å²) in [5.74, 6) is -0.844. The Hall–Kier alpha value is -3.31. The summed E-state index contributed by atoms with van der Waals surface area (Å²) in [5, 5.41) is 9.90. The molecule has 0 saturated carbocycles. The maximum atomic E-state index is 12.4. The summed E-state index contributed by atoms with van der Waals surface area (Å²) < 4.78 is 1.10. The number of carboxylic acids is 1. The molecule has 1 heterocycles. The smallest absolute Gasteiger partial charge is 0.335 e. The number of benzene rings is 3. The van der Waals surface area contributed by atoms with E-state index in [0.29, 0.717) is 19.3 Å². The van der Waals surface area contributed by atoms with Gasteiger partial charge in [-0.1, -0.05) is 48.5 Å². The van der Waals surface area contributed by atoms with E-state index in [2.05, 4.69) is 29.2 Å². The van der Waals surface area contributed by atoms with Crippen molar-refractivity contribution in [1.82, 2.24) is 4.98 Å². The Labute approximate surface area is 178 Å². The van der Waals surface area contributed by atoms with Gasteiger partial charge in [0.1, 0.15) is 10.8 Å². The largest absolute Gasteiger partial charge is 0.478 e. The number of fused-ring (bicyclic) bond motifs is 1. The molecule has 0 bridgehead atoms. The molecule has 1 aromatic heterocycles. The van der Waals surface area contributed by atoms with Crippen molar-refractivity contribution in [2.45, 2.75) is 25.7 Å². The number of ketones is 1. The van der Waals surface area contributed by atoms with Crippen molar-refractivity contribution < 1.29 is 14.7 Å². The van der Waals surface area contributed by atoms with Gasteiger partial charge in [0.2, 0.25) is 0 Å². The molecule has 4 rings (SSSR count). The Morgan fingerprint density at radius 3 is 2.47 bits per heavy atom. The molecule has 0 radical (unpaired) electrons. The number of hydrogen-bond donors (Lipinski definition) is 1. The lowest BCUT2D eigenvalue weighted by molar-refractivity contribution is -0.118. The van der Waals surface area contributed by atoms with E-state index in [0.717, 1.165) is 27.2 Å². The molecule has 150 valence electrons. The number of carboxylic acid groups (broad SMARTS) is 1. The molecule has 0 aliphatic carbocycles. The van der Waals surface area contributed by atoms with Crippen LogP contribution in [0.4, 0.5) is 0 Å². The van der Waals surface area contributed by atoms with E-state index >= 15 is 0 Å². The van der Waals surface area contributed by atoms with Gasteiger partial charge in [-0.2, -0.15) is 0 Å². The number of aromatic carboxylic acids is 1. The fraction of sp³-hybridized carbons (Fsp3) is 0.160. The molecular formula is C25H21NO3S. The predicted octanol–water partition coefficient (Wildman–Crippen LogP) is 5.33. The third-order valence-corrected chi connectivity index (χ3v) is 5.98. The number of nitrogens with zero attached hydrogens (tertiary/aromatic N) is 1. The molecule has 0 unspecified atom stereocenters. The first-order valence-corrected chi connectivity index (χ1v) is 10.6. The summed E-state index contributed by atoms with van der Waals surface area (Å²) in [6.45, 7) is 0. The van der Waals surface area contributed by atoms with Gasteiger partial charge in [0.05, 0.1) is 22.2 Å². The van der Waals surface area contributed by atoms with E-state index in [1.165, 1.54) is 11.1 Å². The number of carbonyl (C=O) groups excluding carboxylic acids is 1. The van der Waals surface area contributed by atoms with Crippen LogP contribution in [0.15, 0.2) is 72.8 Å². The van der Waals surface area contributed by atoms with Crippen molar-refractivity contribution in [2.24, 2.45) is 0 Å². The first kappa shape index (κ1) is 20.0. The van der Waals surface area contributed by atoms with Gasteiger partial charge in [0.25, 0.3) is 0 Å². The molecule has 1 N–H and O–H groups in total. The maximum Gasteiger partial charge on any atom is 0.335 e. The Bertz CT molecular complexity index is 1200. The van der Waals surface area contributed by atoms with E-state index in [1.54, 1.807) is 29.5 Å². The fourth-order valence-electron chi connectivity index (χ4n) is 3.43. The predicted molar refractivity (Wildman–Crippen MR) is 119 cm³/mol. The normalized spacial score (nSPS) is 10.9. The summed E-state index contributed by atoms with van der Waals surface area (Å²) in [5.41, 5.74) is 4.53. The van der Waals surface area contributed by atoms with Crippen LogP contribution in [0.25, 0.3) is 10.2 Å². The van der Waals surface area contributed by atoms with Crippen LogP contribution in [0.5, 0.6) is 0 Å². The van der Waals surface area contributed by atoms with Crippen molar-refractivity contribution in [3.8, 4) is 0 Å². The molecule has 0 aliphatic heterocycles. The minimum Gasteiger partial charge on any atom is -0.478 e. The number of hydrogen-bond acceptors (Lipinski definition) is 4. The molecule has 4 aromatic rings. The van der Waals surface area contributed by atoms with Crippen molar-refractivity contribution >= 4 is 33.3 Å². The summed E-state index contributed by atoms with van der Waals surface area (Å²) >= 11 is 1.57. The van der Waals surface area contributed by atoms with Gasteiger partial charge in [0, 0.05) is 6.42 Å². The zero-order valence-electron chi connectivity index (χ0n) is 16.4. The topological polar surface area (TPSA) is 67.3 Å². The highest BCUT2D eigenvalue weighted by Gasteiger charge is 2.11. The van der Waals surface area contributed by atoms with Crippen LogP contribution in [-0.4, -0.2) is 21.8 Å². The van der Waals surface area contributed by atoms with Crippen molar-refractivity contribution in [1.29, 1.82) is 0 Å². The summed E-state index contributed by atoms with van der Waals surface area (Å²) in [6, 6.07) is 23.4. The molecule has 0 saturated heterocycles. The Morgan fingerprint density at radius 1 is 0.867 bits per heavy atom. The number of Topliss-reactive ketones (excluding diaryl/α,β-unsaturated/α-hetero) is 1. The second-order valence-corrected chi connectivity index (χ2v) is 8.41. The van der Waals surface area contributed by atoms with Gasteiger partial charge in [-0.15, -0.1) is 11.3 Å². The molecule has 30 heavy (non-hydrogen) atoms. The van der Waals surface area contributed by atoms with Crippen LogP contribution < -0.4 is 0 Å². The SMILES string of the molecule is O=C(CCc1cccc(C(=O)O)c1)Cc1nc2ccc(Cc3ccccc3)cc2s1. The number of aryl methyl sites for hydroxylation is 1. The summed E-state index contributed by atoms with van der Waals surface area (Å²) in [7, 11) is 0. The van der Waals surface area contributed by atoms with E-state index < -0.39 is 5.97 Å². The monoisotopic (exact) mass is 415 g/mol. The second-order valence-electron chi connectivity index (χ2n) is 7.29. The average Bonchev–Trinajstić information content (AvgIpc) is 3.14. The van der Waals surface area contributed by atoms with Crippen LogP contribution in [0.1, 0.15) is 38.5 Å². The highest BCUT2D eigenvalue weighted by atomic mass is 32.1. The molecule has 0 aliphatic rings. The molecule has 4 nitrogen and oxygen atoms in total. The quantitative estimate of drug-likeness (QED) is 0.422. The van der Waals surface area contributed by atoms with Gasteiger partial charge in [0.15, 0.2) is 0 Å². The molecule has 0 amide bonds. The van der Waals surface area contributed by atoms with Crippen LogP contribution >= 0.6 is 11.3 Å². The number of rotatable bonds is 8. The van der Waals surface area contributed by atoms with Gasteiger partial charge in [-0.05, 0) is 53.8 Å². The second kappa shape index (κ2) is 9.01. The van der Waals surface area contributed by atoms with Crippen molar-refractivity contribution in [2.75, 3.05) is 0 Å². The minimum atomic E-state index is -0.954. The van der Waals surface area contributed by atoms with Gasteiger partial charge < -0.3 is 5.11 Å². The van der Waals surface area contributed by atoms with Crippen LogP contribution in [0.2, 0.25) is 0 Å². The van der Waals surface area contributed by atoms with E-state index in [9.17, 15) is 9.59 Å². The lowest BCUT2D eigenvalue weighted by atomic mass is 10.0. The summed E-state index contributed by atoms with van der Waals surface area (Å²) in [6.07, 6.45) is 2.09. The highest BCUT2D eigenvalue weighted by molar-refractivity contribution is 7.18.